The van der Waals surface area contributed by atoms with Crippen molar-refractivity contribution in [2.45, 2.75) is 77.4 Å². The van der Waals surface area contributed by atoms with Gasteiger partial charge in [-0.1, -0.05) is 19.8 Å². The topological polar surface area (TPSA) is 42.7 Å². The fraction of sp³-hybridized carbons (Fsp3) is 0.867. The molecule has 0 saturated heterocycles. The first kappa shape index (κ1) is 13.1. The smallest absolute Gasteiger partial charge is 0.149 e. The fourth-order valence-electron chi connectivity index (χ4n) is 3.58. The summed E-state index contributed by atoms with van der Waals surface area (Å²) in [7, 11) is 0. The van der Waals surface area contributed by atoms with Crippen molar-refractivity contribution < 1.29 is 0 Å². The lowest BCUT2D eigenvalue weighted by Crippen LogP contribution is -2.32. The number of aryl methyl sites for hydroxylation is 1. The molecular formula is C15H26N4. The molecule has 3 rings (SSSR count). The molecule has 2 heterocycles. The van der Waals surface area contributed by atoms with Crippen LogP contribution in [0.4, 0.5) is 0 Å². The summed E-state index contributed by atoms with van der Waals surface area (Å²) in [5.41, 5.74) is 0. The molecule has 2 aliphatic rings. The second kappa shape index (κ2) is 5.61. The highest BCUT2D eigenvalue weighted by Gasteiger charge is 2.24. The van der Waals surface area contributed by atoms with E-state index in [0.717, 1.165) is 24.7 Å². The Hall–Kier alpha value is -0.900. The van der Waals surface area contributed by atoms with Crippen LogP contribution in [0.3, 0.4) is 0 Å². The van der Waals surface area contributed by atoms with Gasteiger partial charge in [-0.15, -0.1) is 10.2 Å². The average Bonchev–Trinajstić information content (AvgIpc) is 2.92. The second-order valence-corrected chi connectivity index (χ2v) is 6.43. The Balaban J connectivity index is 1.62. The van der Waals surface area contributed by atoms with Gasteiger partial charge in [-0.25, -0.2) is 0 Å². The number of hydrogen-bond donors (Lipinski definition) is 1. The maximum Gasteiger partial charge on any atom is 0.149 e. The van der Waals surface area contributed by atoms with E-state index in [1.165, 1.54) is 44.3 Å². The Morgan fingerprint density at radius 3 is 2.95 bits per heavy atom. The van der Waals surface area contributed by atoms with E-state index >= 15 is 0 Å². The molecule has 0 amide bonds. The number of hydrogen-bond acceptors (Lipinski definition) is 3. The van der Waals surface area contributed by atoms with Gasteiger partial charge in [0, 0.05) is 19.0 Å². The van der Waals surface area contributed by atoms with Gasteiger partial charge in [0.15, 0.2) is 0 Å². The zero-order valence-corrected chi connectivity index (χ0v) is 12.2. The van der Waals surface area contributed by atoms with Gasteiger partial charge >= 0.3 is 0 Å². The van der Waals surface area contributed by atoms with Gasteiger partial charge in [-0.2, -0.15) is 0 Å². The summed E-state index contributed by atoms with van der Waals surface area (Å²) in [6, 6.07) is 0.993. The number of nitrogens with zero attached hydrogens (tertiary/aromatic N) is 3. The van der Waals surface area contributed by atoms with Crippen molar-refractivity contribution in [2.75, 3.05) is 0 Å². The summed E-state index contributed by atoms with van der Waals surface area (Å²) in [5, 5.41) is 12.5. The number of aromatic nitrogens is 3. The maximum atomic E-state index is 4.39. The summed E-state index contributed by atoms with van der Waals surface area (Å²) in [6.07, 6.45) is 9.08. The summed E-state index contributed by atoms with van der Waals surface area (Å²) in [6.45, 7) is 5.73. The predicted molar refractivity (Wildman–Crippen MR) is 75.9 cm³/mol. The van der Waals surface area contributed by atoms with Crippen molar-refractivity contribution in [3.8, 4) is 0 Å². The zero-order valence-electron chi connectivity index (χ0n) is 12.2. The van der Waals surface area contributed by atoms with Gasteiger partial charge in [-0.05, 0) is 38.5 Å². The fourth-order valence-corrected chi connectivity index (χ4v) is 3.58. The van der Waals surface area contributed by atoms with Crippen LogP contribution in [0.15, 0.2) is 0 Å². The highest BCUT2D eigenvalue weighted by Crippen LogP contribution is 2.25. The lowest BCUT2D eigenvalue weighted by atomic mass is 10.0. The minimum atomic E-state index is 0.331. The van der Waals surface area contributed by atoms with E-state index in [1.807, 2.05) is 0 Å². The average molecular weight is 262 g/mol. The second-order valence-electron chi connectivity index (χ2n) is 6.43. The lowest BCUT2D eigenvalue weighted by Gasteiger charge is -2.21. The molecule has 1 aliphatic heterocycles. The molecule has 0 aromatic carbocycles. The van der Waals surface area contributed by atoms with Gasteiger partial charge in [0.25, 0.3) is 0 Å². The first-order valence-corrected chi connectivity index (χ1v) is 7.92. The van der Waals surface area contributed by atoms with Crippen molar-refractivity contribution >= 4 is 0 Å². The maximum absolute atomic E-state index is 4.39. The molecular weight excluding hydrogens is 236 g/mol. The summed E-state index contributed by atoms with van der Waals surface area (Å²) in [5.74, 6) is 3.22. The summed E-state index contributed by atoms with van der Waals surface area (Å²) >= 11 is 0. The molecule has 0 radical (unpaired) electrons. The molecule has 4 heteroatoms. The quantitative estimate of drug-likeness (QED) is 0.852. The molecule has 1 aliphatic carbocycles. The Bertz CT molecular complexity index is 426. The van der Waals surface area contributed by atoms with E-state index in [-0.39, 0.29) is 0 Å². The Labute approximate surface area is 116 Å². The van der Waals surface area contributed by atoms with Gasteiger partial charge < -0.3 is 9.88 Å². The van der Waals surface area contributed by atoms with Crippen LogP contribution in [0.2, 0.25) is 0 Å². The minimum absolute atomic E-state index is 0.331. The van der Waals surface area contributed by atoms with E-state index in [4.69, 9.17) is 0 Å². The summed E-state index contributed by atoms with van der Waals surface area (Å²) in [4.78, 5) is 0. The van der Waals surface area contributed by atoms with Crippen LogP contribution in [-0.2, 0) is 13.0 Å². The molecule has 19 heavy (non-hydrogen) atoms. The molecule has 0 bridgehead atoms. The van der Waals surface area contributed by atoms with Gasteiger partial charge in [0.1, 0.15) is 11.6 Å². The van der Waals surface area contributed by atoms with Crippen molar-refractivity contribution in [3.05, 3.63) is 11.6 Å². The molecule has 106 valence electrons. The highest BCUT2D eigenvalue weighted by atomic mass is 15.3. The molecule has 1 fully saturated rings. The standard InChI is InChI=1S/C15H26N4/c1-11-5-3-6-13(9-8-11)16-12(2)15-18-17-14-7-4-10-19(14)15/h11-13,16H,3-10H2,1-2H3. The first-order chi connectivity index (χ1) is 9.24. The van der Waals surface area contributed by atoms with Crippen LogP contribution in [0.25, 0.3) is 0 Å². The normalized spacial score (nSPS) is 28.9. The van der Waals surface area contributed by atoms with E-state index in [9.17, 15) is 0 Å². The molecule has 1 N–H and O–H groups in total. The van der Waals surface area contributed by atoms with Crippen LogP contribution in [-0.4, -0.2) is 20.8 Å². The van der Waals surface area contributed by atoms with Gasteiger partial charge in [0.2, 0.25) is 0 Å². The monoisotopic (exact) mass is 262 g/mol. The molecule has 0 spiro atoms. The number of rotatable bonds is 3. The SMILES string of the molecule is CC1CCCC(NC(C)c2nnc3n2CCC3)CC1. The Morgan fingerprint density at radius 2 is 2.05 bits per heavy atom. The van der Waals surface area contributed by atoms with Crippen LogP contribution in [0, 0.1) is 5.92 Å². The van der Waals surface area contributed by atoms with E-state index in [0.29, 0.717) is 12.1 Å². The summed E-state index contributed by atoms with van der Waals surface area (Å²) < 4.78 is 2.32. The van der Waals surface area contributed by atoms with Crippen LogP contribution >= 0.6 is 0 Å². The largest absolute Gasteiger partial charge is 0.314 e. The Kier molecular flexibility index (Phi) is 3.87. The van der Waals surface area contributed by atoms with Crippen LogP contribution in [0.5, 0.6) is 0 Å². The Morgan fingerprint density at radius 1 is 1.16 bits per heavy atom. The molecule has 3 atom stereocenters. The molecule has 1 saturated carbocycles. The third kappa shape index (κ3) is 2.83. The van der Waals surface area contributed by atoms with E-state index in [2.05, 4.69) is 33.9 Å². The van der Waals surface area contributed by atoms with E-state index in [1.54, 1.807) is 0 Å². The highest BCUT2D eigenvalue weighted by molar-refractivity contribution is 5.04. The number of fused-ring (bicyclic) bond motifs is 1. The van der Waals surface area contributed by atoms with Crippen molar-refractivity contribution in [2.24, 2.45) is 5.92 Å². The molecule has 3 unspecified atom stereocenters. The zero-order chi connectivity index (χ0) is 13.2. The molecule has 1 aromatic heterocycles. The van der Waals surface area contributed by atoms with Crippen molar-refractivity contribution in [1.29, 1.82) is 0 Å². The molecule has 1 aromatic rings. The lowest BCUT2D eigenvalue weighted by molar-refractivity contribution is 0.392. The third-order valence-electron chi connectivity index (χ3n) is 4.77. The predicted octanol–water partition coefficient (Wildman–Crippen LogP) is 2.84. The van der Waals surface area contributed by atoms with E-state index < -0.39 is 0 Å². The van der Waals surface area contributed by atoms with Gasteiger partial charge in [-0.3, -0.25) is 0 Å². The van der Waals surface area contributed by atoms with Gasteiger partial charge in [0.05, 0.1) is 6.04 Å². The first-order valence-electron chi connectivity index (χ1n) is 7.92. The van der Waals surface area contributed by atoms with Crippen molar-refractivity contribution in [3.63, 3.8) is 0 Å². The molecule has 4 nitrogen and oxygen atoms in total. The third-order valence-corrected chi connectivity index (χ3v) is 4.77. The van der Waals surface area contributed by atoms with Crippen LogP contribution < -0.4 is 5.32 Å². The number of nitrogens with one attached hydrogen (secondary N) is 1. The van der Waals surface area contributed by atoms with Crippen LogP contribution in [0.1, 0.15) is 70.1 Å². The minimum Gasteiger partial charge on any atom is -0.314 e. The van der Waals surface area contributed by atoms with Crippen molar-refractivity contribution in [1.82, 2.24) is 20.1 Å².